The van der Waals surface area contributed by atoms with Crippen molar-refractivity contribution in [1.82, 2.24) is 25.1 Å². The fraction of sp³-hybridized carbons (Fsp3) is 0.111. The highest BCUT2D eigenvalue weighted by atomic mass is 32.2. The Hall–Kier alpha value is -3.00. The number of tetrazole rings is 1. The highest BCUT2D eigenvalue weighted by Crippen LogP contribution is 2.29. The lowest BCUT2D eigenvalue weighted by Crippen LogP contribution is -2.09. The number of aromatic nitrogens is 4. The minimum Gasteiger partial charge on any atom is -0.382 e. The van der Waals surface area contributed by atoms with Crippen molar-refractivity contribution in [2.75, 3.05) is 14.1 Å². The van der Waals surface area contributed by atoms with E-state index in [2.05, 4.69) is 15.5 Å². The number of hydrogen-bond donors (Lipinski definition) is 0. The summed E-state index contributed by atoms with van der Waals surface area (Å²) in [7, 11) is 3.64. The van der Waals surface area contributed by atoms with Crippen LogP contribution in [0.4, 0.5) is 4.39 Å². The summed E-state index contributed by atoms with van der Waals surface area (Å²) in [5.74, 6) is -0.619. The highest BCUT2D eigenvalue weighted by molar-refractivity contribution is 8.03. The Bertz CT molecular complexity index is 922. The normalized spacial score (nSPS) is 11.4. The van der Waals surface area contributed by atoms with Crippen LogP contribution in [0.15, 0.2) is 70.9 Å². The molecule has 6 nitrogen and oxygen atoms in total. The van der Waals surface area contributed by atoms with Gasteiger partial charge in [-0.25, -0.2) is 4.39 Å². The summed E-state index contributed by atoms with van der Waals surface area (Å²) in [6.07, 6.45) is 1.69. The molecule has 8 heteroatoms. The van der Waals surface area contributed by atoms with Gasteiger partial charge in [-0.2, -0.15) is 4.68 Å². The van der Waals surface area contributed by atoms with E-state index >= 15 is 0 Å². The van der Waals surface area contributed by atoms with Gasteiger partial charge in [0.05, 0.1) is 10.6 Å². The summed E-state index contributed by atoms with van der Waals surface area (Å²) >= 11 is 1.16. The van der Waals surface area contributed by atoms with E-state index in [0.717, 1.165) is 17.4 Å². The maximum Gasteiger partial charge on any atom is 0.219 e. The van der Waals surface area contributed by atoms with Crippen LogP contribution in [0.3, 0.4) is 0 Å². The number of rotatable bonds is 6. The highest BCUT2D eigenvalue weighted by Gasteiger charge is 2.19. The second kappa shape index (κ2) is 7.92. The first-order chi connectivity index (χ1) is 12.5. The smallest absolute Gasteiger partial charge is 0.219 e. The van der Waals surface area contributed by atoms with E-state index in [4.69, 9.17) is 0 Å². The minimum atomic E-state index is -0.389. The second-order valence-electron chi connectivity index (χ2n) is 5.60. The fourth-order valence-corrected chi connectivity index (χ4v) is 3.16. The first-order valence-corrected chi connectivity index (χ1v) is 8.56. The number of Topliss-reactive ketones (excluding diaryl/α,β-unsaturated/α-hetero) is 1. The first kappa shape index (κ1) is 17.8. The van der Waals surface area contributed by atoms with E-state index in [1.54, 1.807) is 15.8 Å². The number of thioether (sulfide) groups is 1. The number of nitrogens with zero attached hydrogens (tertiary/aromatic N) is 5. The molecule has 3 aromatic rings. The van der Waals surface area contributed by atoms with Crippen LogP contribution in [0.25, 0.3) is 5.69 Å². The van der Waals surface area contributed by atoms with Crippen molar-refractivity contribution in [3.05, 3.63) is 77.1 Å². The molecule has 0 fully saturated rings. The zero-order chi connectivity index (χ0) is 18.5. The van der Waals surface area contributed by atoms with E-state index in [1.807, 2.05) is 44.4 Å². The zero-order valence-corrected chi connectivity index (χ0v) is 15.0. The van der Waals surface area contributed by atoms with Gasteiger partial charge in [-0.05, 0) is 58.6 Å². The quantitative estimate of drug-likeness (QED) is 0.378. The summed E-state index contributed by atoms with van der Waals surface area (Å²) in [6.45, 7) is 0. The van der Waals surface area contributed by atoms with E-state index in [-0.39, 0.29) is 11.6 Å². The van der Waals surface area contributed by atoms with Gasteiger partial charge in [0.15, 0.2) is 0 Å². The number of hydrogen-bond acceptors (Lipinski definition) is 6. The molecule has 0 aliphatic carbocycles. The molecule has 0 amide bonds. The number of carbonyl (C=O) groups is 1. The predicted molar refractivity (Wildman–Crippen MR) is 97.5 cm³/mol. The lowest BCUT2D eigenvalue weighted by Gasteiger charge is -2.11. The van der Waals surface area contributed by atoms with Crippen LogP contribution in [0.5, 0.6) is 0 Å². The van der Waals surface area contributed by atoms with Gasteiger partial charge in [-0.3, -0.25) is 4.79 Å². The molecule has 0 aliphatic rings. The van der Waals surface area contributed by atoms with Gasteiger partial charge in [-0.1, -0.05) is 18.2 Å². The monoisotopic (exact) mass is 369 g/mol. The molecule has 26 heavy (non-hydrogen) atoms. The molecule has 0 aliphatic heterocycles. The molecule has 0 atom stereocenters. The Labute approximate surface area is 154 Å². The van der Waals surface area contributed by atoms with Gasteiger partial charge in [0.25, 0.3) is 0 Å². The third-order valence-corrected chi connectivity index (χ3v) is 4.30. The number of halogens is 1. The Morgan fingerprint density at radius 1 is 1.12 bits per heavy atom. The van der Waals surface area contributed by atoms with E-state index in [9.17, 15) is 9.18 Å². The van der Waals surface area contributed by atoms with Crippen LogP contribution in [-0.4, -0.2) is 45.0 Å². The number of allylic oxidation sites excluding steroid dienone is 1. The number of ketones is 1. The Morgan fingerprint density at radius 3 is 2.46 bits per heavy atom. The number of carbonyl (C=O) groups excluding carboxylic acids is 1. The first-order valence-electron chi connectivity index (χ1n) is 7.75. The summed E-state index contributed by atoms with van der Waals surface area (Å²) in [5, 5.41) is 12.2. The molecule has 0 bridgehead atoms. The molecule has 0 unspecified atom stereocenters. The van der Waals surface area contributed by atoms with Crippen LogP contribution < -0.4 is 0 Å². The second-order valence-corrected chi connectivity index (χ2v) is 6.61. The van der Waals surface area contributed by atoms with Crippen molar-refractivity contribution in [2.24, 2.45) is 0 Å². The van der Waals surface area contributed by atoms with E-state index in [0.29, 0.717) is 15.6 Å². The van der Waals surface area contributed by atoms with Crippen LogP contribution in [0, 0.1) is 5.82 Å². The molecule has 132 valence electrons. The summed E-state index contributed by atoms with van der Waals surface area (Å²) in [4.78, 5) is 15.0. The fourth-order valence-electron chi connectivity index (χ4n) is 2.18. The predicted octanol–water partition coefficient (Wildman–Crippen LogP) is 3.18. The molecule has 2 aromatic carbocycles. The van der Waals surface area contributed by atoms with Gasteiger partial charge in [-0.15, -0.1) is 5.10 Å². The molecule has 3 rings (SSSR count). The van der Waals surface area contributed by atoms with E-state index in [1.165, 1.54) is 24.3 Å². The van der Waals surface area contributed by atoms with Crippen LogP contribution in [0.2, 0.25) is 0 Å². The van der Waals surface area contributed by atoms with Crippen LogP contribution in [0.1, 0.15) is 10.4 Å². The minimum absolute atomic E-state index is 0.230. The van der Waals surface area contributed by atoms with Crippen LogP contribution in [-0.2, 0) is 0 Å². The third-order valence-electron chi connectivity index (χ3n) is 3.35. The molecule has 1 heterocycles. The average Bonchev–Trinajstić information content (AvgIpc) is 3.10. The molecule has 0 N–H and O–H groups in total. The number of benzene rings is 2. The van der Waals surface area contributed by atoms with Crippen LogP contribution >= 0.6 is 11.8 Å². The van der Waals surface area contributed by atoms with Crippen molar-refractivity contribution < 1.29 is 9.18 Å². The van der Waals surface area contributed by atoms with Crippen molar-refractivity contribution in [3.8, 4) is 5.69 Å². The summed E-state index contributed by atoms with van der Waals surface area (Å²) in [5.41, 5.74) is 1.18. The Kier molecular flexibility index (Phi) is 5.43. The van der Waals surface area contributed by atoms with Crippen molar-refractivity contribution >= 4 is 17.5 Å². The number of para-hydroxylation sites is 1. The van der Waals surface area contributed by atoms with E-state index < -0.39 is 0 Å². The molecular weight excluding hydrogens is 353 g/mol. The Morgan fingerprint density at radius 2 is 1.81 bits per heavy atom. The van der Waals surface area contributed by atoms with Gasteiger partial charge >= 0.3 is 0 Å². The molecule has 0 saturated heterocycles. The maximum atomic E-state index is 13.1. The molecule has 0 saturated carbocycles. The standard InChI is InChI=1S/C18H16FN5OS/c1-23(2)12-16(17(25)13-8-10-14(19)11-9-13)26-18-20-21-22-24(18)15-6-4-3-5-7-15/h3-12H,1-2H3/b16-12-. The molecule has 0 radical (unpaired) electrons. The summed E-state index contributed by atoms with van der Waals surface area (Å²) in [6, 6.07) is 14.9. The van der Waals surface area contributed by atoms with Gasteiger partial charge in [0, 0.05) is 25.9 Å². The molecular formula is C18H16FN5OS. The van der Waals surface area contributed by atoms with Crippen molar-refractivity contribution in [2.45, 2.75) is 5.16 Å². The third kappa shape index (κ3) is 4.15. The van der Waals surface area contributed by atoms with Crippen molar-refractivity contribution in [3.63, 3.8) is 0 Å². The Balaban J connectivity index is 1.93. The zero-order valence-electron chi connectivity index (χ0n) is 14.2. The molecule has 0 spiro atoms. The summed E-state index contributed by atoms with van der Waals surface area (Å²) < 4.78 is 14.7. The van der Waals surface area contributed by atoms with Crippen molar-refractivity contribution in [1.29, 1.82) is 0 Å². The maximum absolute atomic E-state index is 13.1. The largest absolute Gasteiger partial charge is 0.382 e. The van der Waals surface area contributed by atoms with Gasteiger partial charge in [0.1, 0.15) is 5.82 Å². The average molecular weight is 369 g/mol. The molecule has 1 aromatic heterocycles. The topological polar surface area (TPSA) is 63.9 Å². The van der Waals surface area contributed by atoms with Gasteiger partial charge in [0.2, 0.25) is 10.9 Å². The lowest BCUT2D eigenvalue weighted by atomic mass is 10.1. The SMILES string of the molecule is CN(C)/C=C(\Sc1nnnn1-c1ccccc1)C(=O)c1ccc(F)cc1. The lowest BCUT2D eigenvalue weighted by molar-refractivity contribution is 0.104. The van der Waals surface area contributed by atoms with Gasteiger partial charge < -0.3 is 4.90 Å².